The van der Waals surface area contributed by atoms with Gasteiger partial charge in [0.25, 0.3) is 0 Å². The number of hydrogen-bond donors (Lipinski definition) is 0. The van der Waals surface area contributed by atoms with Crippen LogP contribution >= 0.6 is 15.9 Å². The smallest absolute Gasteiger partial charge is 0.118 e. The lowest BCUT2D eigenvalue weighted by Crippen LogP contribution is -2.55. The van der Waals surface area contributed by atoms with E-state index in [0.717, 1.165) is 18.0 Å². The summed E-state index contributed by atoms with van der Waals surface area (Å²) in [5.41, 5.74) is 2.44. The molecule has 1 saturated heterocycles. The Bertz CT molecular complexity index is 501. The summed E-state index contributed by atoms with van der Waals surface area (Å²) < 4.78 is 4.20. The molecule has 0 saturated carbocycles. The quantitative estimate of drug-likeness (QED) is 0.568. The summed E-state index contributed by atoms with van der Waals surface area (Å²) in [4.78, 5) is 0. The number of rotatable bonds is 4. The van der Waals surface area contributed by atoms with Crippen LogP contribution in [0.4, 0.5) is 0 Å². The Morgan fingerprint density at radius 3 is 2.52 bits per heavy atom. The predicted octanol–water partition coefficient (Wildman–Crippen LogP) is 6.09. The van der Waals surface area contributed by atoms with Gasteiger partial charge in [0.05, 0.1) is 0 Å². The maximum Gasteiger partial charge on any atom is 0.118 e. The highest BCUT2D eigenvalue weighted by Crippen LogP contribution is 2.50. The van der Waals surface area contributed by atoms with Crippen LogP contribution in [0.15, 0.2) is 28.7 Å². The maximum atomic E-state index is 3.62. The zero-order chi connectivity index (χ0) is 15.8. The fourth-order valence-electron chi connectivity index (χ4n) is 4.30. The molecule has 0 aliphatic carbocycles. The van der Waals surface area contributed by atoms with Gasteiger partial charge in [-0.05, 0) is 35.2 Å². The van der Waals surface area contributed by atoms with Gasteiger partial charge in [0.15, 0.2) is 0 Å². The molecule has 1 aliphatic heterocycles. The summed E-state index contributed by atoms with van der Waals surface area (Å²) >= 11 is 3.62. The number of halogens is 1. The lowest BCUT2D eigenvalue weighted by molar-refractivity contribution is 0.520. The van der Waals surface area contributed by atoms with Crippen molar-refractivity contribution in [3.63, 3.8) is 0 Å². The molecule has 0 radical (unpaired) electrons. The number of benzene rings is 1. The molecule has 0 amide bonds. The van der Waals surface area contributed by atoms with Crippen LogP contribution in [0.2, 0.25) is 37.8 Å². The average molecular weight is 385 g/mol. The van der Waals surface area contributed by atoms with Gasteiger partial charge < -0.3 is 4.23 Å². The zero-order valence-corrected chi connectivity index (χ0v) is 18.0. The maximum absolute atomic E-state index is 3.62. The second kappa shape index (κ2) is 6.30. The predicted molar refractivity (Wildman–Crippen MR) is 103 cm³/mol. The van der Waals surface area contributed by atoms with E-state index in [-0.39, 0.29) is 0 Å². The fraction of sp³-hybridized carbons (Fsp3) is 0.647. The minimum Gasteiger partial charge on any atom is -0.341 e. The third-order valence-electron chi connectivity index (χ3n) is 5.61. The minimum atomic E-state index is -1.34. The van der Waals surface area contributed by atoms with E-state index in [9.17, 15) is 0 Å². The molecular formula is C17H30BrNSi2. The molecule has 2 atom stereocenters. The molecule has 0 aromatic heterocycles. The van der Waals surface area contributed by atoms with Gasteiger partial charge in [0.1, 0.15) is 16.5 Å². The Hall–Kier alpha value is 0.0938. The third kappa shape index (κ3) is 3.54. The number of nitrogens with zero attached hydrogens (tertiary/aromatic N) is 1. The molecule has 1 nitrogen and oxygen atoms in total. The first-order valence-electron chi connectivity index (χ1n) is 8.20. The molecule has 0 bridgehead atoms. The van der Waals surface area contributed by atoms with Crippen molar-refractivity contribution >= 4 is 32.4 Å². The van der Waals surface area contributed by atoms with Gasteiger partial charge in [-0.3, -0.25) is 0 Å². The molecule has 1 aromatic rings. The van der Waals surface area contributed by atoms with Crippen molar-refractivity contribution in [3.05, 3.63) is 34.3 Å². The van der Waals surface area contributed by atoms with Crippen molar-refractivity contribution < 1.29 is 0 Å². The SMILES string of the molecule is CC[C@@H](C)C1C[Si](C)(C)N(Cc2cccc(Br)c2)[Si]1(C)C. The molecular weight excluding hydrogens is 354 g/mol. The lowest BCUT2D eigenvalue weighted by Gasteiger charge is -2.41. The van der Waals surface area contributed by atoms with Crippen LogP contribution in [0.3, 0.4) is 0 Å². The minimum absolute atomic E-state index is 0.881. The van der Waals surface area contributed by atoms with E-state index in [0.29, 0.717) is 0 Å². The zero-order valence-electron chi connectivity index (χ0n) is 14.4. The molecule has 118 valence electrons. The van der Waals surface area contributed by atoms with E-state index < -0.39 is 16.5 Å². The van der Waals surface area contributed by atoms with E-state index in [2.05, 4.69) is 84.5 Å². The Kier molecular flexibility index (Phi) is 5.24. The summed E-state index contributed by atoms with van der Waals surface area (Å²) in [5.74, 6) is 0.881. The molecule has 1 aliphatic rings. The largest absolute Gasteiger partial charge is 0.341 e. The highest BCUT2D eigenvalue weighted by Gasteiger charge is 2.54. The second-order valence-electron chi connectivity index (χ2n) is 7.88. The lowest BCUT2D eigenvalue weighted by atomic mass is 10.1. The molecule has 4 heteroatoms. The van der Waals surface area contributed by atoms with Crippen molar-refractivity contribution in [1.82, 2.24) is 4.23 Å². The first-order chi connectivity index (χ1) is 9.68. The monoisotopic (exact) mass is 383 g/mol. The standard InChI is InChI=1S/C17H30BrNSi2/c1-7-14(2)17-13-20(3,4)19(21(17,5)6)12-15-9-8-10-16(18)11-15/h8-11,14,17H,7,12-13H2,1-6H3/t14-,17?/m1/s1. The highest BCUT2D eigenvalue weighted by molar-refractivity contribution is 9.10. The average Bonchev–Trinajstić information content (AvgIpc) is 2.58. The third-order valence-corrected chi connectivity index (χ3v) is 17.3. The first kappa shape index (κ1) is 17.4. The summed E-state index contributed by atoms with van der Waals surface area (Å²) in [5, 5.41) is 0. The van der Waals surface area contributed by atoms with E-state index in [4.69, 9.17) is 0 Å². The number of hydrogen-bond acceptors (Lipinski definition) is 1. The van der Waals surface area contributed by atoms with Crippen molar-refractivity contribution in [1.29, 1.82) is 0 Å². The van der Waals surface area contributed by atoms with Gasteiger partial charge in [-0.1, -0.05) is 74.5 Å². The summed E-state index contributed by atoms with van der Waals surface area (Å²) in [6.07, 6.45) is 1.33. The van der Waals surface area contributed by atoms with Gasteiger partial charge in [-0.25, -0.2) is 0 Å². The molecule has 1 heterocycles. The van der Waals surface area contributed by atoms with Gasteiger partial charge in [-0.15, -0.1) is 0 Å². The van der Waals surface area contributed by atoms with Crippen molar-refractivity contribution in [2.75, 3.05) is 0 Å². The van der Waals surface area contributed by atoms with E-state index in [1.54, 1.807) is 0 Å². The van der Waals surface area contributed by atoms with Crippen LogP contribution in [0.5, 0.6) is 0 Å². The van der Waals surface area contributed by atoms with Crippen LogP contribution in [0, 0.1) is 5.92 Å². The first-order valence-corrected chi connectivity index (χ1v) is 15.2. The molecule has 1 unspecified atom stereocenters. The second-order valence-corrected chi connectivity index (χ2v) is 18.4. The van der Waals surface area contributed by atoms with Crippen LogP contribution in [-0.2, 0) is 6.54 Å². The van der Waals surface area contributed by atoms with Crippen LogP contribution in [0.25, 0.3) is 0 Å². The van der Waals surface area contributed by atoms with E-state index in [1.165, 1.54) is 22.5 Å². The Labute approximate surface area is 141 Å². The van der Waals surface area contributed by atoms with Gasteiger partial charge >= 0.3 is 0 Å². The normalized spacial score (nSPS) is 26.0. The molecule has 1 aromatic carbocycles. The molecule has 2 rings (SSSR count). The molecule has 21 heavy (non-hydrogen) atoms. The van der Waals surface area contributed by atoms with Crippen LogP contribution in [-0.4, -0.2) is 20.7 Å². The van der Waals surface area contributed by atoms with Crippen molar-refractivity contribution in [2.45, 2.75) is 64.6 Å². The van der Waals surface area contributed by atoms with Gasteiger partial charge in [0.2, 0.25) is 0 Å². The van der Waals surface area contributed by atoms with E-state index >= 15 is 0 Å². The van der Waals surface area contributed by atoms with Crippen LogP contribution < -0.4 is 0 Å². The van der Waals surface area contributed by atoms with Crippen molar-refractivity contribution in [3.8, 4) is 0 Å². The van der Waals surface area contributed by atoms with E-state index in [1.807, 2.05) is 0 Å². The Morgan fingerprint density at radius 1 is 1.29 bits per heavy atom. The fourth-order valence-corrected chi connectivity index (χ4v) is 20.2. The Morgan fingerprint density at radius 2 is 1.95 bits per heavy atom. The van der Waals surface area contributed by atoms with Crippen LogP contribution in [0.1, 0.15) is 25.8 Å². The summed E-state index contributed by atoms with van der Waals surface area (Å²) in [6, 6.07) is 10.4. The summed E-state index contributed by atoms with van der Waals surface area (Å²) in [6.45, 7) is 16.4. The highest BCUT2D eigenvalue weighted by atomic mass is 79.9. The molecule has 0 N–H and O–H groups in total. The Balaban J connectivity index is 2.28. The van der Waals surface area contributed by atoms with Gasteiger partial charge in [-0.2, -0.15) is 0 Å². The topological polar surface area (TPSA) is 3.24 Å². The van der Waals surface area contributed by atoms with Gasteiger partial charge in [0, 0.05) is 11.0 Å². The van der Waals surface area contributed by atoms with Crippen molar-refractivity contribution in [2.24, 2.45) is 5.92 Å². The molecule has 1 fully saturated rings. The summed E-state index contributed by atoms with van der Waals surface area (Å²) in [7, 11) is -2.61. The molecule has 0 spiro atoms.